The first-order chi connectivity index (χ1) is 9.77. The summed E-state index contributed by atoms with van der Waals surface area (Å²) in [5.74, 6) is -0.734. The Kier molecular flexibility index (Phi) is 4.04. The molecular weight excluding hydrogens is 309 g/mol. The number of hydrogen-bond donors (Lipinski definition) is 2. The third kappa shape index (κ3) is 3.63. The van der Waals surface area contributed by atoms with Crippen LogP contribution >= 0.6 is 11.6 Å². The van der Waals surface area contributed by atoms with Crippen molar-refractivity contribution in [1.29, 1.82) is 0 Å². The molecule has 8 heteroatoms. The lowest BCUT2D eigenvalue weighted by Crippen LogP contribution is -2.16. The smallest absolute Gasteiger partial charge is 0.329 e. The lowest BCUT2D eigenvalue weighted by atomic mass is 10.2. The molecule has 1 heterocycles. The van der Waals surface area contributed by atoms with E-state index in [1.165, 1.54) is 12.3 Å². The highest BCUT2D eigenvalue weighted by molar-refractivity contribution is 6.34. The van der Waals surface area contributed by atoms with Gasteiger partial charge in [-0.3, -0.25) is 9.59 Å². The summed E-state index contributed by atoms with van der Waals surface area (Å²) >= 11 is 5.76. The molecular formula is C13H8ClF3N2O2. The predicted molar refractivity (Wildman–Crippen MR) is 71.5 cm³/mol. The Balaban J connectivity index is 2.31. The molecule has 1 aromatic heterocycles. The van der Waals surface area contributed by atoms with Crippen molar-refractivity contribution in [3.05, 3.63) is 63.0 Å². The summed E-state index contributed by atoms with van der Waals surface area (Å²) in [6.07, 6.45) is -3.29. The highest BCUT2D eigenvalue weighted by atomic mass is 35.5. The molecule has 0 atom stereocenters. The quantitative estimate of drug-likeness (QED) is 0.893. The highest BCUT2D eigenvalue weighted by Crippen LogP contribution is 2.33. The highest BCUT2D eigenvalue weighted by Gasteiger charge is 2.31. The molecule has 0 saturated heterocycles. The van der Waals surface area contributed by atoms with Crippen LogP contribution in [0.2, 0.25) is 5.02 Å². The second-order valence-corrected chi connectivity index (χ2v) is 4.50. The molecule has 0 fully saturated rings. The molecule has 4 nitrogen and oxygen atoms in total. The van der Waals surface area contributed by atoms with Crippen LogP contribution in [0.25, 0.3) is 0 Å². The minimum absolute atomic E-state index is 0.00669. The molecule has 0 aliphatic rings. The maximum atomic E-state index is 12.6. The SMILES string of the molecule is O=C(Nc1cc(C(F)(F)F)ccc1Cl)c1cc[nH]c(=O)c1. The number of pyridine rings is 1. The van der Waals surface area contributed by atoms with Crippen molar-refractivity contribution in [2.75, 3.05) is 5.32 Å². The summed E-state index contributed by atoms with van der Waals surface area (Å²) in [6.45, 7) is 0. The number of hydrogen-bond acceptors (Lipinski definition) is 2. The van der Waals surface area contributed by atoms with Crippen LogP contribution in [0.5, 0.6) is 0 Å². The fourth-order valence-electron chi connectivity index (χ4n) is 1.58. The first kappa shape index (κ1) is 15.1. The summed E-state index contributed by atoms with van der Waals surface area (Å²) < 4.78 is 37.8. The predicted octanol–water partition coefficient (Wildman–Crippen LogP) is 3.30. The van der Waals surface area contributed by atoms with Gasteiger partial charge in [-0.05, 0) is 24.3 Å². The van der Waals surface area contributed by atoms with E-state index in [0.29, 0.717) is 0 Å². The van der Waals surface area contributed by atoms with Crippen molar-refractivity contribution in [3.63, 3.8) is 0 Å². The van der Waals surface area contributed by atoms with Gasteiger partial charge in [-0.2, -0.15) is 13.2 Å². The van der Waals surface area contributed by atoms with Crippen LogP contribution in [-0.2, 0) is 6.18 Å². The summed E-state index contributed by atoms with van der Waals surface area (Å²) in [6, 6.07) is 4.92. The van der Waals surface area contributed by atoms with E-state index in [1.54, 1.807) is 0 Å². The van der Waals surface area contributed by atoms with E-state index in [-0.39, 0.29) is 16.3 Å². The topological polar surface area (TPSA) is 62.0 Å². The van der Waals surface area contributed by atoms with Gasteiger partial charge in [0.2, 0.25) is 5.56 Å². The number of rotatable bonds is 2. The van der Waals surface area contributed by atoms with Crippen molar-refractivity contribution in [3.8, 4) is 0 Å². The molecule has 21 heavy (non-hydrogen) atoms. The maximum Gasteiger partial charge on any atom is 0.416 e. The van der Waals surface area contributed by atoms with E-state index in [2.05, 4.69) is 10.3 Å². The number of carbonyl (C=O) groups is 1. The number of anilines is 1. The Labute approximate surface area is 121 Å². The van der Waals surface area contributed by atoms with Gasteiger partial charge in [-0.15, -0.1) is 0 Å². The standard InChI is InChI=1S/C13H8ClF3N2O2/c14-9-2-1-8(13(15,16)17)6-10(9)19-12(21)7-3-4-18-11(20)5-7/h1-6H,(H,18,20)(H,19,21). The number of nitrogens with one attached hydrogen (secondary N) is 2. The lowest BCUT2D eigenvalue weighted by molar-refractivity contribution is -0.137. The van der Waals surface area contributed by atoms with E-state index in [4.69, 9.17) is 11.6 Å². The molecule has 2 rings (SSSR count). The number of halogens is 4. The van der Waals surface area contributed by atoms with Crippen LogP contribution < -0.4 is 10.9 Å². The van der Waals surface area contributed by atoms with Gasteiger partial charge in [-0.1, -0.05) is 11.6 Å². The maximum absolute atomic E-state index is 12.6. The third-order valence-corrected chi connectivity index (χ3v) is 2.91. The Morgan fingerprint density at radius 1 is 1.19 bits per heavy atom. The van der Waals surface area contributed by atoms with Gasteiger partial charge in [0.1, 0.15) is 0 Å². The van der Waals surface area contributed by atoms with Gasteiger partial charge in [-0.25, -0.2) is 0 Å². The molecule has 0 spiro atoms. The number of H-pyrrole nitrogens is 1. The molecule has 110 valence electrons. The van der Waals surface area contributed by atoms with Gasteiger partial charge in [0.05, 0.1) is 16.3 Å². The Morgan fingerprint density at radius 2 is 1.90 bits per heavy atom. The zero-order valence-electron chi connectivity index (χ0n) is 10.3. The van der Waals surface area contributed by atoms with E-state index >= 15 is 0 Å². The zero-order valence-corrected chi connectivity index (χ0v) is 11.0. The molecule has 1 amide bonds. The number of aromatic amines is 1. The summed E-state index contributed by atoms with van der Waals surface area (Å²) in [7, 11) is 0. The third-order valence-electron chi connectivity index (χ3n) is 2.58. The van der Waals surface area contributed by atoms with Crippen molar-refractivity contribution < 1.29 is 18.0 Å². The molecule has 2 N–H and O–H groups in total. The summed E-state index contributed by atoms with van der Waals surface area (Å²) in [5, 5.41) is 2.20. The van der Waals surface area contributed by atoms with E-state index in [9.17, 15) is 22.8 Å². The second kappa shape index (κ2) is 5.61. The van der Waals surface area contributed by atoms with Gasteiger partial charge in [0.15, 0.2) is 0 Å². The lowest BCUT2D eigenvalue weighted by Gasteiger charge is -2.11. The van der Waals surface area contributed by atoms with E-state index < -0.39 is 23.2 Å². The fourth-order valence-corrected chi connectivity index (χ4v) is 1.74. The van der Waals surface area contributed by atoms with E-state index in [0.717, 1.165) is 24.3 Å². The summed E-state index contributed by atoms with van der Waals surface area (Å²) in [5.41, 5.74) is -1.62. The minimum Gasteiger partial charge on any atom is -0.329 e. The zero-order chi connectivity index (χ0) is 15.6. The Bertz CT molecular complexity index is 741. The number of benzene rings is 1. The van der Waals surface area contributed by atoms with Crippen LogP contribution in [0.3, 0.4) is 0 Å². The molecule has 0 aliphatic heterocycles. The van der Waals surface area contributed by atoms with Gasteiger partial charge in [0.25, 0.3) is 5.91 Å². The van der Waals surface area contributed by atoms with Crippen molar-refractivity contribution >= 4 is 23.2 Å². The molecule has 0 bridgehead atoms. The molecule has 0 radical (unpaired) electrons. The summed E-state index contributed by atoms with van der Waals surface area (Å²) in [4.78, 5) is 25.3. The molecule has 0 aliphatic carbocycles. The normalized spacial score (nSPS) is 11.2. The molecule has 0 unspecified atom stereocenters. The van der Waals surface area contributed by atoms with Crippen molar-refractivity contribution in [2.45, 2.75) is 6.18 Å². The van der Waals surface area contributed by atoms with Crippen LogP contribution in [0.15, 0.2) is 41.3 Å². The monoisotopic (exact) mass is 316 g/mol. The first-order valence-electron chi connectivity index (χ1n) is 5.64. The number of carbonyl (C=O) groups excluding carboxylic acids is 1. The first-order valence-corrected chi connectivity index (χ1v) is 6.02. The molecule has 0 saturated carbocycles. The van der Waals surface area contributed by atoms with Gasteiger partial charge in [0, 0.05) is 17.8 Å². The van der Waals surface area contributed by atoms with E-state index in [1.807, 2.05) is 0 Å². The number of amides is 1. The number of aromatic nitrogens is 1. The van der Waals surface area contributed by atoms with Gasteiger partial charge >= 0.3 is 6.18 Å². The van der Waals surface area contributed by atoms with Crippen LogP contribution in [-0.4, -0.2) is 10.9 Å². The number of alkyl halides is 3. The van der Waals surface area contributed by atoms with Crippen LogP contribution in [0.1, 0.15) is 15.9 Å². The second-order valence-electron chi connectivity index (χ2n) is 4.09. The average Bonchev–Trinajstić information content (AvgIpc) is 2.40. The average molecular weight is 317 g/mol. The molecule has 1 aromatic carbocycles. The van der Waals surface area contributed by atoms with Crippen molar-refractivity contribution in [1.82, 2.24) is 4.98 Å². The molecule has 2 aromatic rings. The minimum atomic E-state index is -4.55. The van der Waals surface area contributed by atoms with Crippen LogP contribution in [0.4, 0.5) is 18.9 Å². The Morgan fingerprint density at radius 3 is 2.52 bits per heavy atom. The van der Waals surface area contributed by atoms with Crippen molar-refractivity contribution in [2.24, 2.45) is 0 Å². The Hall–Kier alpha value is -2.28. The fraction of sp³-hybridized carbons (Fsp3) is 0.0769. The largest absolute Gasteiger partial charge is 0.416 e. The van der Waals surface area contributed by atoms with Gasteiger partial charge < -0.3 is 10.3 Å². The van der Waals surface area contributed by atoms with Crippen LogP contribution in [0, 0.1) is 0 Å².